The fraction of sp³-hybridized carbons (Fsp3) is 0.438. The monoisotopic (exact) mass is 246 g/mol. The van der Waals surface area contributed by atoms with Gasteiger partial charge in [0, 0.05) is 0 Å². The molecule has 0 spiro atoms. The molecule has 0 aromatic heterocycles. The molecule has 1 aromatic carbocycles. The van der Waals surface area contributed by atoms with Gasteiger partial charge in [-0.05, 0) is 42.5 Å². The number of carboxylic acid groups (broad SMARTS) is 1. The van der Waals surface area contributed by atoms with Crippen LogP contribution >= 0.6 is 0 Å². The number of benzene rings is 1. The predicted molar refractivity (Wildman–Crippen MR) is 75.8 cm³/mol. The lowest BCUT2D eigenvalue weighted by atomic mass is 9.98. The van der Waals surface area contributed by atoms with Crippen molar-refractivity contribution in [2.24, 2.45) is 0 Å². The van der Waals surface area contributed by atoms with Crippen molar-refractivity contribution >= 4 is 11.5 Å². The maximum atomic E-state index is 10.8. The molecular formula is C16H22O2. The van der Waals surface area contributed by atoms with Crippen molar-refractivity contribution in [2.45, 2.75) is 46.0 Å². The molecule has 2 nitrogen and oxygen atoms in total. The molecule has 0 radical (unpaired) electrons. The third-order valence-corrected chi connectivity index (χ3v) is 3.00. The highest BCUT2D eigenvalue weighted by Gasteiger charge is 2.04. The lowest BCUT2D eigenvalue weighted by Crippen LogP contribution is -1.96. The second-order valence-electron chi connectivity index (χ2n) is 4.48. The first-order valence-electron chi connectivity index (χ1n) is 6.71. The molecule has 0 aliphatic carbocycles. The Morgan fingerprint density at radius 2 is 1.72 bits per heavy atom. The molecule has 0 heterocycles. The summed E-state index contributed by atoms with van der Waals surface area (Å²) in [6.45, 7) is 4.33. The molecule has 0 atom stereocenters. The van der Waals surface area contributed by atoms with E-state index in [9.17, 15) is 4.79 Å². The van der Waals surface area contributed by atoms with Gasteiger partial charge in [0.1, 0.15) is 0 Å². The van der Waals surface area contributed by atoms with Crippen molar-refractivity contribution in [1.29, 1.82) is 0 Å². The van der Waals surface area contributed by atoms with E-state index >= 15 is 0 Å². The SMILES string of the molecule is CC/C=C(\CCCCC)c1ccc(C(=O)O)cc1. The Balaban J connectivity index is 2.79. The standard InChI is InChI=1S/C16H22O2/c1-3-5-6-8-13(7-4-2)14-9-11-15(12-10-14)16(17)18/h7,9-12H,3-6,8H2,1-2H3,(H,17,18)/b13-7+. The van der Waals surface area contributed by atoms with Gasteiger partial charge in [-0.25, -0.2) is 4.79 Å². The largest absolute Gasteiger partial charge is 0.478 e. The van der Waals surface area contributed by atoms with Crippen LogP contribution in [0.4, 0.5) is 0 Å². The molecule has 18 heavy (non-hydrogen) atoms. The molecule has 1 N–H and O–H groups in total. The summed E-state index contributed by atoms with van der Waals surface area (Å²) in [6.07, 6.45) is 8.00. The van der Waals surface area contributed by atoms with Gasteiger partial charge in [-0.15, -0.1) is 0 Å². The topological polar surface area (TPSA) is 37.3 Å². The zero-order valence-electron chi connectivity index (χ0n) is 11.3. The average molecular weight is 246 g/mol. The Morgan fingerprint density at radius 1 is 1.11 bits per heavy atom. The number of hydrogen-bond acceptors (Lipinski definition) is 1. The van der Waals surface area contributed by atoms with Crippen LogP contribution in [0, 0.1) is 0 Å². The summed E-state index contributed by atoms with van der Waals surface area (Å²) >= 11 is 0. The lowest BCUT2D eigenvalue weighted by Gasteiger charge is -2.08. The quantitative estimate of drug-likeness (QED) is 0.704. The van der Waals surface area contributed by atoms with E-state index in [4.69, 9.17) is 5.11 Å². The first-order valence-corrected chi connectivity index (χ1v) is 6.71. The molecule has 1 aromatic rings. The maximum absolute atomic E-state index is 10.8. The summed E-state index contributed by atoms with van der Waals surface area (Å²) in [5.74, 6) is -0.867. The third kappa shape index (κ3) is 4.36. The molecule has 0 saturated heterocycles. The Bertz CT molecular complexity index is 402. The fourth-order valence-corrected chi connectivity index (χ4v) is 2.00. The van der Waals surface area contributed by atoms with Crippen molar-refractivity contribution in [3.8, 4) is 0 Å². The summed E-state index contributed by atoms with van der Waals surface area (Å²) in [5.41, 5.74) is 2.84. The van der Waals surface area contributed by atoms with Crippen LogP contribution in [0.25, 0.3) is 5.57 Å². The van der Waals surface area contributed by atoms with E-state index in [0.717, 1.165) is 18.4 Å². The molecular weight excluding hydrogens is 224 g/mol. The smallest absolute Gasteiger partial charge is 0.335 e. The number of carboxylic acids is 1. The summed E-state index contributed by atoms with van der Waals surface area (Å²) in [7, 11) is 0. The zero-order chi connectivity index (χ0) is 13.4. The predicted octanol–water partition coefficient (Wildman–Crippen LogP) is 4.76. The van der Waals surface area contributed by atoms with E-state index in [2.05, 4.69) is 19.9 Å². The molecule has 98 valence electrons. The van der Waals surface area contributed by atoms with Crippen LogP contribution in [0.2, 0.25) is 0 Å². The Kier molecular flexibility index (Phi) is 6.20. The van der Waals surface area contributed by atoms with Crippen LogP contribution in [0.5, 0.6) is 0 Å². The van der Waals surface area contributed by atoms with E-state index in [1.165, 1.54) is 24.8 Å². The first-order chi connectivity index (χ1) is 8.69. The minimum atomic E-state index is -0.867. The van der Waals surface area contributed by atoms with Gasteiger partial charge in [-0.1, -0.05) is 44.9 Å². The Hall–Kier alpha value is -1.57. The van der Waals surface area contributed by atoms with Crippen molar-refractivity contribution in [2.75, 3.05) is 0 Å². The van der Waals surface area contributed by atoms with E-state index in [1.54, 1.807) is 12.1 Å². The van der Waals surface area contributed by atoms with E-state index in [-0.39, 0.29) is 0 Å². The van der Waals surface area contributed by atoms with Crippen LogP contribution in [0.1, 0.15) is 61.9 Å². The number of rotatable bonds is 7. The fourth-order valence-electron chi connectivity index (χ4n) is 2.00. The van der Waals surface area contributed by atoms with E-state index in [1.807, 2.05) is 12.1 Å². The van der Waals surface area contributed by atoms with Gasteiger partial charge in [0.25, 0.3) is 0 Å². The van der Waals surface area contributed by atoms with Gasteiger partial charge in [0.2, 0.25) is 0 Å². The zero-order valence-corrected chi connectivity index (χ0v) is 11.3. The van der Waals surface area contributed by atoms with E-state index < -0.39 is 5.97 Å². The summed E-state index contributed by atoms with van der Waals surface area (Å²) < 4.78 is 0. The number of aromatic carboxylic acids is 1. The maximum Gasteiger partial charge on any atom is 0.335 e. The molecule has 0 unspecified atom stereocenters. The van der Waals surface area contributed by atoms with Gasteiger partial charge in [0.05, 0.1) is 5.56 Å². The molecule has 2 heteroatoms. The Morgan fingerprint density at radius 3 is 2.22 bits per heavy atom. The highest BCUT2D eigenvalue weighted by atomic mass is 16.4. The van der Waals surface area contributed by atoms with Gasteiger partial charge in [-0.2, -0.15) is 0 Å². The number of allylic oxidation sites excluding steroid dienone is 2. The van der Waals surface area contributed by atoms with Gasteiger partial charge in [0.15, 0.2) is 0 Å². The minimum absolute atomic E-state index is 0.350. The second-order valence-corrected chi connectivity index (χ2v) is 4.48. The highest BCUT2D eigenvalue weighted by Crippen LogP contribution is 2.22. The summed E-state index contributed by atoms with van der Waals surface area (Å²) in [6, 6.07) is 7.19. The lowest BCUT2D eigenvalue weighted by molar-refractivity contribution is 0.0697. The second kappa shape index (κ2) is 7.70. The van der Waals surface area contributed by atoms with Crippen LogP contribution in [0.3, 0.4) is 0 Å². The summed E-state index contributed by atoms with van der Waals surface area (Å²) in [4.78, 5) is 10.8. The van der Waals surface area contributed by atoms with Gasteiger partial charge >= 0.3 is 5.97 Å². The molecule has 0 aliphatic heterocycles. The van der Waals surface area contributed by atoms with Crippen molar-refractivity contribution in [3.05, 3.63) is 41.5 Å². The van der Waals surface area contributed by atoms with Crippen molar-refractivity contribution < 1.29 is 9.90 Å². The normalized spacial score (nSPS) is 11.6. The van der Waals surface area contributed by atoms with Gasteiger partial charge < -0.3 is 5.11 Å². The van der Waals surface area contributed by atoms with Crippen LogP contribution < -0.4 is 0 Å². The minimum Gasteiger partial charge on any atom is -0.478 e. The number of unbranched alkanes of at least 4 members (excludes halogenated alkanes) is 2. The molecule has 0 fully saturated rings. The van der Waals surface area contributed by atoms with Crippen molar-refractivity contribution in [3.63, 3.8) is 0 Å². The van der Waals surface area contributed by atoms with E-state index in [0.29, 0.717) is 5.56 Å². The number of hydrogen-bond donors (Lipinski definition) is 1. The molecule has 0 aliphatic rings. The Labute approximate surface area is 109 Å². The number of carbonyl (C=O) groups is 1. The molecule has 0 bridgehead atoms. The molecule has 1 rings (SSSR count). The molecule has 0 amide bonds. The van der Waals surface area contributed by atoms with Crippen LogP contribution in [-0.4, -0.2) is 11.1 Å². The van der Waals surface area contributed by atoms with Crippen LogP contribution in [0.15, 0.2) is 30.3 Å². The van der Waals surface area contributed by atoms with Crippen molar-refractivity contribution in [1.82, 2.24) is 0 Å². The summed E-state index contributed by atoms with van der Waals surface area (Å²) in [5, 5.41) is 8.88. The van der Waals surface area contributed by atoms with Crippen LogP contribution in [-0.2, 0) is 0 Å². The first kappa shape index (κ1) is 14.5. The molecule has 0 saturated carbocycles. The third-order valence-electron chi connectivity index (χ3n) is 3.00. The highest BCUT2D eigenvalue weighted by molar-refractivity contribution is 5.88. The van der Waals surface area contributed by atoms with Gasteiger partial charge in [-0.3, -0.25) is 0 Å². The average Bonchev–Trinajstić information content (AvgIpc) is 2.38.